The average Bonchev–Trinajstić information content (AvgIpc) is 2.84. The summed E-state index contributed by atoms with van der Waals surface area (Å²) in [6, 6.07) is 3.68. The second-order valence-corrected chi connectivity index (χ2v) is 15.1. The van der Waals surface area contributed by atoms with Crippen molar-refractivity contribution in [3.63, 3.8) is 0 Å². The number of amides is 3. The van der Waals surface area contributed by atoms with Crippen LogP contribution in [0.5, 0.6) is 0 Å². The highest BCUT2D eigenvalue weighted by Gasteiger charge is 2.52. The highest BCUT2D eigenvalue weighted by atomic mass is 28.4. The zero-order valence-corrected chi connectivity index (χ0v) is 21.3. The number of hydrogen-bond donors (Lipinski definition) is 0. The van der Waals surface area contributed by atoms with Crippen molar-refractivity contribution < 1.29 is 27.2 Å². The van der Waals surface area contributed by atoms with Crippen molar-refractivity contribution in [2.45, 2.75) is 77.3 Å². The van der Waals surface area contributed by atoms with Crippen molar-refractivity contribution in [2.75, 3.05) is 18.1 Å². The minimum Gasteiger partial charge on any atom is -0.417 e. The highest BCUT2D eigenvalue weighted by molar-refractivity contribution is 6.74. The molecule has 1 aliphatic rings. The lowest BCUT2D eigenvalue weighted by Crippen LogP contribution is -2.44. The van der Waals surface area contributed by atoms with E-state index in [1.165, 1.54) is 17.0 Å². The molecule has 0 atom stereocenters. The number of nitrogens with zero attached hydrogens (tertiary/aromatic N) is 3. The molecular weight excluding hydrogens is 451 g/mol. The Morgan fingerprint density at radius 1 is 1.12 bits per heavy atom. The summed E-state index contributed by atoms with van der Waals surface area (Å²) in [5, 5.41) is 9.08. The Kier molecular flexibility index (Phi) is 7.41. The normalized spacial score (nSPS) is 17.0. The van der Waals surface area contributed by atoms with E-state index in [1.807, 2.05) is 0 Å². The smallest absolute Gasteiger partial charge is 0.417 e. The number of carbonyl (C=O) groups excluding carboxylic acids is 2. The highest BCUT2D eigenvalue weighted by Crippen LogP contribution is 2.38. The summed E-state index contributed by atoms with van der Waals surface area (Å²) in [7, 11) is -1.88. The molecule has 182 valence electrons. The molecule has 10 heteroatoms. The molecule has 1 saturated heterocycles. The molecule has 0 bridgehead atoms. The third-order valence-electron chi connectivity index (χ3n) is 6.56. The Labute approximate surface area is 194 Å². The molecule has 0 N–H and O–H groups in total. The number of halogens is 3. The van der Waals surface area contributed by atoms with Crippen LogP contribution in [0.15, 0.2) is 18.2 Å². The van der Waals surface area contributed by atoms with Crippen LogP contribution in [0.25, 0.3) is 0 Å². The minimum atomic E-state index is -4.79. The fourth-order valence-corrected chi connectivity index (χ4v) is 4.45. The molecule has 1 aromatic rings. The van der Waals surface area contributed by atoms with Crippen molar-refractivity contribution in [2.24, 2.45) is 0 Å². The van der Waals surface area contributed by atoms with Crippen LogP contribution in [-0.4, -0.2) is 43.8 Å². The number of carbonyl (C=O) groups is 2. The van der Waals surface area contributed by atoms with E-state index in [2.05, 4.69) is 33.9 Å². The van der Waals surface area contributed by atoms with Gasteiger partial charge in [-0.15, -0.1) is 0 Å². The topological polar surface area (TPSA) is 73.6 Å². The van der Waals surface area contributed by atoms with Crippen molar-refractivity contribution in [3.8, 4) is 6.07 Å². The molecule has 0 aromatic heterocycles. The second-order valence-electron chi connectivity index (χ2n) is 10.3. The lowest BCUT2D eigenvalue weighted by molar-refractivity contribution is -0.137. The SMILES string of the molecule is CC1(C)C(=O)N(c2ccc(C#N)c(C(F)(F)F)c2)C(=O)N1CCCCO[Si](C)(C)C(C)(C)C. The molecule has 6 nitrogen and oxygen atoms in total. The molecule has 0 spiro atoms. The predicted molar refractivity (Wildman–Crippen MR) is 122 cm³/mol. The van der Waals surface area contributed by atoms with E-state index >= 15 is 0 Å². The van der Waals surface area contributed by atoms with Gasteiger partial charge in [-0.2, -0.15) is 18.4 Å². The molecule has 1 heterocycles. The molecule has 1 aromatic carbocycles. The molecule has 3 amide bonds. The fourth-order valence-electron chi connectivity index (χ4n) is 3.36. The number of benzene rings is 1. The maximum absolute atomic E-state index is 13.4. The maximum Gasteiger partial charge on any atom is 0.417 e. The number of rotatable bonds is 7. The number of imide groups is 1. The van der Waals surface area contributed by atoms with E-state index in [1.54, 1.807) is 13.8 Å². The van der Waals surface area contributed by atoms with Crippen LogP contribution in [0, 0.1) is 11.3 Å². The van der Waals surface area contributed by atoms with Gasteiger partial charge in [0.05, 0.1) is 22.9 Å². The van der Waals surface area contributed by atoms with Crippen molar-refractivity contribution >= 4 is 25.9 Å². The van der Waals surface area contributed by atoms with E-state index in [9.17, 15) is 22.8 Å². The van der Waals surface area contributed by atoms with Gasteiger partial charge in [0.25, 0.3) is 5.91 Å². The summed E-state index contributed by atoms with van der Waals surface area (Å²) >= 11 is 0. The van der Waals surface area contributed by atoms with Crippen molar-refractivity contribution in [1.82, 2.24) is 4.90 Å². The molecule has 33 heavy (non-hydrogen) atoms. The van der Waals surface area contributed by atoms with Crippen LogP contribution in [0.3, 0.4) is 0 Å². The second kappa shape index (κ2) is 9.10. The minimum absolute atomic E-state index is 0.0865. The first kappa shape index (κ1) is 26.9. The first-order valence-corrected chi connectivity index (χ1v) is 13.8. The monoisotopic (exact) mass is 483 g/mol. The summed E-state index contributed by atoms with van der Waals surface area (Å²) in [4.78, 5) is 28.2. The van der Waals surface area contributed by atoms with Gasteiger partial charge in [-0.3, -0.25) is 4.79 Å². The Balaban J connectivity index is 2.15. The van der Waals surface area contributed by atoms with E-state index in [-0.39, 0.29) is 17.3 Å². The van der Waals surface area contributed by atoms with Crippen LogP contribution < -0.4 is 4.90 Å². The number of alkyl halides is 3. The summed E-state index contributed by atoms with van der Waals surface area (Å²) in [6.07, 6.45) is -3.51. The third-order valence-corrected chi connectivity index (χ3v) is 11.1. The number of anilines is 1. The third kappa shape index (κ3) is 5.41. The van der Waals surface area contributed by atoms with Crippen LogP contribution in [-0.2, 0) is 15.4 Å². The van der Waals surface area contributed by atoms with E-state index in [0.29, 0.717) is 25.5 Å². The van der Waals surface area contributed by atoms with Gasteiger partial charge in [0.1, 0.15) is 5.54 Å². The molecule has 0 aliphatic carbocycles. The van der Waals surface area contributed by atoms with Gasteiger partial charge in [0.15, 0.2) is 8.32 Å². The van der Waals surface area contributed by atoms with Crippen LogP contribution >= 0.6 is 0 Å². The van der Waals surface area contributed by atoms with Gasteiger partial charge in [-0.05, 0) is 63.0 Å². The summed E-state index contributed by atoms with van der Waals surface area (Å²) in [5.41, 5.74) is -3.15. The predicted octanol–water partition coefficient (Wildman–Crippen LogP) is 5.93. The van der Waals surface area contributed by atoms with Gasteiger partial charge >= 0.3 is 12.2 Å². The zero-order chi connectivity index (χ0) is 25.4. The first-order valence-electron chi connectivity index (χ1n) is 10.9. The average molecular weight is 484 g/mol. The number of urea groups is 1. The van der Waals surface area contributed by atoms with E-state index in [4.69, 9.17) is 9.69 Å². The summed E-state index contributed by atoms with van der Waals surface area (Å²) in [6.45, 7) is 14.7. The van der Waals surface area contributed by atoms with Gasteiger partial charge in [-0.25, -0.2) is 9.69 Å². The summed E-state index contributed by atoms with van der Waals surface area (Å²) in [5.74, 6) is -0.608. The lowest BCUT2D eigenvalue weighted by Gasteiger charge is -2.36. The molecule has 1 aliphatic heterocycles. The van der Waals surface area contributed by atoms with Crippen molar-refractivity contribution in [1.29, 1.82) is 5.26 Å². The van der Waals surface area contributed by atoms with Crippen LogP contribution in [0.2, 0.25) is 18.1 Å². The first-order chi connectivity index (χ1) is 14.9. The Hall–Kier alpha value is -2.38. The zero-order valence-electron chi connectivity index (χ0n) is 20.3. The lowest BCUT2D eigenvalue weighted by atomic mass is 10.0. The van der Waals surface area contributed by atoms with Gasteiger partial charge < -0.3 is 9.33 Å². The van der Waals surface area contributed by atoms with E-state index in [0.717, 1.165) is 11.0 Å². The molecule has 0 saturated carbocycles. The molecule has 0 unspecified atom stereocenters. The largest absolute Gasteiger partial charge is 0.417 e. The Morgan fingerprint density at radius 3 is 2.24 bits per heavy atom. The number of nitriles is 1. The van der Waals surface area contributed by atoms with Gasteiger partial charge in [-0.1, -0.05) is 20.8 Å². The van der Waals surface area contributed by atoms with Crippen LogP contribution in [0.4, 0.5) is 23.7 Å². The Bertz CT molecular complexity index is 962. The fraction of sp³-hybridized carbons (Fsp3) is 0.609. The van der Waals surface area contributed by atoms with E-state index < -0.39 is 43.1 Å². The Morgan fingerprint density at radius 2 is 1.73 bits per heavy atom. The van der Waals surface area contributed by atoms with Crippen molar-refractivity contribution in [3.05, 3.63) is 29.3 Å². The quantitative estimate of drug-likeness (QED) is 0.274. The van der Waals surface area contributed by atoms with Gasteiger partial charge in [0, 0.05) is 13.2 Å². The standard InChI is InChI=1S/C23H32F3N3O3Si/c1-21(2,3)33(6,7)32-13-9-8-12-28-20(31)29(19(30)22(28,4)5)17-11-10-16(15-27)18(14-17)23(24,25)26/h10-11,14H,8-9,12-13H2,1-7H3. The molecule has 2 rings (SSSR count). The molecule has 0 radical (unpaired) electrons. The van der Waals surface area contributed by atoms with Crippen LogP contribution in [0.1, 0.15) is 58.6 Å². The number of hydrogen-bond acceptors (Lipinski definition) is 4. The molecule has 1 fully saturated rings. The van der Waals surface area contributed by atoms with Gasteiger partial charge in [0.2, 0.25) is 0 Å². The number of unbranched alkanes of at least 4 members (excludes halogenated alkanes) is 1. The summed E-state index contributed by atoms with van der Waals surface area (Å²) < 4.78 is 46.2. The molecular formula is C23H32F3N3O3Si. The maximum atomic E-state index is 13.4.